The van der Waals surface area contributed by atoms with Crippen LogP contribution in [0.4, 0.5) is 5.69 Å². The van der Waals surface area contributed by atoms with Gasteiger partial charge in [-0.3, -0.25) is 10.1 Å². The molecule has 1 aliphatic carbocycles. The van der Waals surface area contributed by atoms with Crippen molar-refractivity contribution < 1.29 is 9.66 Å². The molecule has 0 amide bonds. The first kappa shape index (κ1) is 14.7. The summed E-state index contributed by atoms with van der Waals surface area (Å²) in [6.45, 7) is 0. The summed E-state index contributed by atoms with van der Waals surface area (Å²) in [6.07, 6.45) is 1.94. The largest absolute Gasteiger partial charge is 0.497 e. The first-order valence-electron chi connectivity index (χ1n) is 7.92. The van der Waals surface area contributed by atoms with Crippen molar-refractivity contribution in [2.45, 2.75) is 18.9 Å². The number of nitrogens with one attached hydrogen (secondary N) is 1. The molecule has 24 heavy (non-hydrogen) atoms. The number of fused-ring (bicyclic) bond motifs is 3. The smallest absolute Gasteiger partial charge is 0.269 e. The van der Waals surface area contributed by atoms with Gasteiger partial charge in [-0.05, 0) is 36.1 Å². The Morgan fingerprint density at radius 2 is 2.17 bits per heavy atom. The van der Waals surface area contributed by atoms with Gasteiger partial charge in [0, 0.05) is 23.6 Å². The molecule has 0 aromatic heterocycles. The van der Waals surface area contributed by atoms with Gasteiger partial charge < -0.3 is 10.2 Å². The zero-order valence-corrected chi connectivity index (χ0v) is 13.2. The molecule has 0 unspecified atom stereocenters. The van der Waals surface area contributed by atoms with Crippen LogP contribution >= 0.6 is 0 Å². The minimum absolute atomic E-state index is 0.0285. The number of hydrogen-bond acceptors (Lipinski definition) is 5. The standard InChI is InChI=1S/C18H17N3O3/c1-24-14-7-5-11-6-8-15-17(19-20-18(15)16(11)10-14)12-3-2-4-13(9-12)21(22)23/h2-5,7,9-10,15,17,19H,6,8H2,1H3/t15-,17+/m0/s1. The quantitative estimate of drug-likeness (QED) is 0.695. The Labute approximate surface area is 139 Å². The van der Waals surface area contributed by atoms with Gasteiger partial charge in [0.1, 0.15) is 5.75 Å². The van der Waals surface area contributed by atoms with Crippen molar-refractivity contribution >= 4 is 11.4 Å². The number of non-ortho nitro benzene ring substituents is 1. The molecule has 0 saturated heterocycles. The van der Waals surface area contributed by atoms with Crippen molar-refractivity contribution in [2.24, 2.45) is 11.0 Å². The van der Waals surface area contributed by atoms with Gasteiger partial charge in [0.05, 0.1) is 23.8 Å². The zero-order valence-electron chi connectivity index (χ0n) is 13.2. The molecule has 1 aliphatic heterocycles. The molecule has 6 nitrogen and oxygen atoms in total. The van der Waals surface area contributed by atoms with Crippen LogP contribution < -0.4 is 10.2 Å². The lowest BCUT2D eigenvalue weighted by Gasteiger charge is -2.26. The number of methoxy groups -OCH3 is 1. The third-order valence-electron chi connectivity index (χ3n) is 4.84. The molecule has 0 saturated carbocycles. The van der Waals surface area contributed by atoms with Crippen molar-refractivity contribution in [1.29, 1.82) is 0 Å². The summed E-state index contributed by atoms with van der Waals surface area (Å²) in [5, 5.41) is 15.6. The lowest BCUT2D eigenvalue weighted by Crippen LogP contribution is -2.26. The molecule has 2 aliphatic rings. The molecule has 6 heteroatoms. The Bertz CT molecular complexity index is 847. The Hall–Kier alpha value is -2.89. The Balaban J connectivity index is 1.68. The van der Waals surface area contributed by atoms with Crippen molar-refractivity contribution in [1.82, 2.24) is 5.43 Å². The van der Waals surface area contributed by atoms with Crippen molar-refractivity contribution in [3.05, 3.63) is 69.3 Å². The summed E-state index contributed by atoms with van der Waals surface area (Å²) >= 11 is 0. The fourth-order valence-electron chi connectivity index (χ4n) is 3.62. The van der Waals surface area contributed by atoms with E-state index in [1.54, 1.807) is 19.2 Å². The molecule has 1 heterocycles. The monoisotopic (exact) mass is 323 g/mol. The summed E-state index contributed by atoms with van der Waals surface area (Å²) in [5.41, 5.74) is 7.61. The van der Waals surface area contributed by atoms with E-state index in [4.69, 9.17) is 4.74 Å². The van der Waals surface area contributed by atoms with Crippen LogP contribution in [0.25, 0.3) is 0 Å². The van der Waals surface area contributed by atoms with E-state index in [2.05, 4.69) is 16.6 Å². The highest BCUT2D eigenvalue weighted by molar-refractivity contribution is 6.06. The molecule has 0 bridgehead atoms. The summed E-state index contributed by atoms with van der Waals surface area (Å²) in [7, 11) is 1.66. The van der Waals surface area contributed by atoms with Gasteiger partial charge >= 0.3 is 0 Å². The van der Waals surface area contributed by atoms with Gasteiger partial charge in [-0.1, -0.05) is 18.2 Å². The first-order chi connectivity index (χ1) is 11.7. The van der Waals surface area contributed by atoms with Gasteiger partial charge in [0.25, 0.3) is 5.69 Å². The highest BCUT2D eigenvalue weighted by atomic mass is 16.6. The minimum Gasteiger partial charge on any atom is -0.497 e. The number of rotatable bonds is 3. The molecule has 0 radical (unpaired) electrons. The van der Waals surface area contributed by atoms with Gasteiger partial charge in [-0.15, -0.1) is 0 Å². The third-order valence-corrected chi connectivity index (χ3v) is 4.84. The number of nitro groups is 1. The van der Waals surface area contributed by atoms with Gasteiger partial charge in [0.15, 0.2) is 0 Å². The van der Waals surface area contributed by atoms with E-state index in [1.807, 2.05) is 18.2 Å². The third kappa shape index (κ3) is 2.31. The summed E-state index contributed by atoms with van der Waals surface area (Å²) < 4.78 is 5.33. The average Bonchev–Trinajstić information content (AvgIpc) is 3.06. The van der Waals surface area contributed by atoms with E-state index in [-0.39, 0.29) is 22.6 Å². The molecule has 2 atom stereocenters. The fourth-order valence-corrected chi connectivity index (χ4v) is 3.62. The maximum Gasteiger partial charge on any atom is 0.269 e. The fraction of sp³-hybridized carbons (Fsp3) is 0.278. The number of ether oxygens (including phenoxy) is 1. The number of hydrazone groups is 1. The second kappa shape index (κ2) is 5.63. The topological polar surface area (TPSA) is 76.8 Å². The number of aryl methyl sites for hydroxylation is 1. The van der Waals surface area contributed by atoms with Crippen LogP contribution in [0.15, 0.2) is 47.6 Å². The van der Waals surface area contributed by atoms with Gasteiger partial charge in [0.2, 0.25) is 0 Å². The Kier molecular flexibility index (Phi) is 3.45. The molecule has 0 spiro atoms. The predicted molar refractivity (Wildman–Crippen MR) is 90.3 cm³/mol. The van der Waals surface area contributed by atoms with Crippen LogP contribution in [0.2, 0.25) is 0 Å². The van der Waals surface area contributed by atoms with Gasteiger partial charge in [-0.2, -0.15) is 5.10 Å². The first-order valence-corrected chi connectivity index (χ1v) is 7.92. The maximum absolute atomic E-state index is 11.0. The van der Waals surface area contributed by atoms with E-state index >= 15 is 0 Å². The summed E-state index contributed by atoms with van der Waals surface area (Å²) in [5.74, 6) is 1.03. The molecule has 2 aromatic rings. The predicted octanol–water partition coefficient (Wildman–Crippen LogP) is 3.21. The SMILES string of the molecule is COc1ccc2c(c1)C1=NN[C@H](c3cccc([N+](=O)[O-])c3)[C@@H]1CC2. The number of hydrogen-bond donors (Lipinski definition) is 1. The van der Waals surface area contributed by atoms with E-state index in [1.165, 1.54) is 11.6 Å². The van der Waals surface area contributed by atoms with Crippen molar-refractivity contribution in [2.75, 3.05) is 7.11 Å². The average molecular weight is 323 g/mol. The van der Waals surface area contributed by atoms with E-state index in [9.17, 15) is 10.1 Å². The van der Waals surface area contributed by atoms with Crippen LogP contribution in [0.5, 0.6) is 5.75 Å². The van der Waals surface area contributed by atoms with Crippen LogP contribution in [-0.2, 0) is 6.42 Å². The lowest BCUT2D eigenvalue weighted by molar-refractivity contribution is -0.384. The second-order valence-corrected chi connectivity index (χ2v) is 6.12. The maximum atomic E-state index is 11.0. The Morgan fingerprint density at radius 3 is 2.96 bits per heavy atom. The number of nitrogens with zero attached hydrogens (tertiary/aromatic N) is 2. The molecule has 122 valence electrons. The summed E-state index contributed by atoms with van der Waals surface area (Å²) in [4.78, 5) is 10.7. The summed E-state index contributed by atoms with van der Waals surface area (Å²) in [6, 6.07) is 12.9. The molecule has 2 aromatic carbocycles. The highest BCUT2D eigenvalue weighted by Crippen LogP contribution is 2.39. The van der Waals surface area contributed by atoms with Gasteiger partial charge in [-0.25, -0.2) is 0 Å². The molecular weight excluding hydrogens is 306 g/mol. The van der Waals surface area contributed by atoms with E-state index < -0.39 is 0 Å². The number of benzene rings is 2. The highest BCUT2D eigenvalue weighted by Gasteiger charge is 2.37. The van der Waals surface area contributed by atoms with Crippen LogP contribution in [0, 0.1) is 16.0 Å². The lowest BCUT2D eigenvalue weighted by atomic mass is 9.77. The van der Waals surface area contributed by atoms with Crippen LogP contribution in [-0.4, -0.2) is 17.7 Å². The molecule has 1 N–H and O–H groups in total. The molecular formula is C18H17N3O3. The molecule has 0 fully saturated rings. The second-order valence-electron chi connectivity index (χ2n) is 6.12. The number of nitro benzene ring substituents is 1. The Morgan fingerprint density at radius 1 is 1.29 bits per heavy atom. The molecule has 4 rings (SSSR count). The van der Waals surface area contributed by atoms with Crippen molar-refractivity contribution in [3.63, 3.8) is 0 Å². The zero-order chi connectivity index (χ0) is 16.7. The minimum atomic E-state index is -0.360. The normalized spacial score (nSPS) is 21.3. The van der Waals surface area contributed by atoms with E-state index in [0.29, 0.717) is 0 Å². The van der Waals surface area contributed by atoms with Crippen LogP contribution in [0.1, 0.15) is 29.2 Å². The van der Waals surface area contributed by atoms with E-state index in [0.717, 1.165) is 35.4 Å². The van der Waals surface area contributed by atoms with Crippen molar-refractivity contribution in [3.8, 4) is 5.75 Å². The van der Waals surface area contributed by atoms with Crippen LogP contribution in [0.3, 0.4) is 0 Å².